The first kappa shape index (κ1) is 13.3. The van der Waals surface area contributed by atoms with Crippen molar-refractivity contribution in [2.24, 2.45) is 0 Å². The summed E-state index contributed by atoms with van der Waals surface area (Å²) in [5.74, 6) is -0.360. The van der Waals surface area contributed by atoms with Crippen molar-refractivity contribution in [3.63, 3.8) is 0 Å². The second-order valence-electron chi connectivity index (χ2n) is 3.42. The van der Waals surface area contributed by atoms with Crippen molar-refractivity contribution in [3.8, 4) is 0 Å². The highest BCUT2D eigenvalue weighted by Crippen LogP contribution is 2.25. The van der Waals surface area contributed by atoms with Crippen LogP contribution < -0.4 is 5.32 Å². The molecule has 0 spiro atoms. The van der Waals surface area contributed by atoms with Crippen molar-refractivity contribution in [2.75, 3.05) is 5.32 Å². The maximum atomic E-state index is 11.9. The summed E-state index contributed by atoms with van der Waals surface area (Å²) in [7, 11) is 0. The first-order valence-corrected chi connectivity index (χ1v) is 6.50. The summed E-state index contributed by atoms with van der Waals surface area (Å²) in [6.07, 6.45) is 0. The number of hydrogen-bond acceptors (Lipinski definition) is 2. The first-order valence-electron chi connectivity index (χ1n) is 4.95. The van der Waals surface area contributed by atoms with E-state index in [-0.39, 0.29) is 16.8 Å². The molecule has 18 heavy (non-hydrogen) atoms. The van der Waals surface area contributed by atoms with Crippen LogP contribution in [-0.4, -0.2) is 10.9 Å². The smallest absolute Gasteiger partial charge is 0.274 e. The number of halogens is 3. The number of rotatable bonds is 2. The average Bonchev–Trinajstić information content (AvgIpc) is 2.32. The number of aromatic nitrogens is 1. The molecule has 0 saturated carbocycles. The van der Waals surface area contributed by atoms with Crippen LogP contribution in [0.1, 0.15) is 10.5 Å². The van der Waals surface area contributed by atoms with Gasteiger partial charge in [0.25, 0.3) is 5.91 Å². The molecule has 0 fully saturated rings. The van der Waals surface area contributed by atoms with Crippen LogP contribution in [0.4, 0.5) is 5.69 Å². The summed E-state index contributed by atoms with van der Waals surface area (Å²) in [6.45, 7) is 0. The van der Waals surface area contributed by atoms with Crippen LogP contribution in [0, 0.1) is 0 Å². The van der Waals surface area contributed by atoms with Gasteiger partial charge in [0.15, 0.2) is 0 Å². The molecule has 1 amide bonds. The number of nitrogens with zero attached hydrogens (tertiary/aromatic N) is 1. The zero-order valence-electron chi connectivity index (χ0n) is 8.95. The molecule has 0 bridgehead atoms. The second kappa shape index (κ2) is 5.69. The molecule has 2 rings (SSSR count). The van der Waals surface area contributed by atoms with Crippen molar-refractivity contribution in [1.29, 1.82) is 0 Å². The minimum absolute atomic E-state index is 0.237. The van der Waals surface area contributed by atoms with E-state index in [4.69, 9.17) is 23.2 Å². The van der Waals surface area contributed by atoms with Gasteiger partial charge in [0.05, 0.1) is 10.7 Å². The van der Waals surface area contributed by atoms with Gasteiger partial charge in [-0.15, -0.1) is 0 Å². The molecule has 0 aliphatic heterocycles. The SMILES string of the molecule is O=C(Nc1ccc(Br)cc1Cl)c1cccc(Cl)n1. The van der Waals surface area contributed by atoms with E-state index in [1.807, 2.05) is 0 Å². The summed E-state index contributed by atoms with van der Waals surface area (Å²) < 4.78 is 0.839. The molecule has 0 aliphatic rings. The molecule has 0 aliphatic carbocycles. The van der Waals surface area contributed by atoms with Gasteiger partial charge in [-0.2, -0.15) is 0 Å². The molecule has 0 unspecified atom stereocenters. The third kappa shape index (κ3) is 3.22. The van der Waals surface area contributed by atoms with E-state index >= 15 is 0 Å². The summed E-state index contributed by atoms with van der Waals surface area (Å²) in [6, 6.07) is 10.0. The van der Waals surface area contributed by atoms with Crippen LogP contribution >= 0.6 is 39.1 Å². The van der Waals surface area contributed by atoms with Crippen molar-refractivity contribution >= 4 is 50.7 Å². The van der Waals surface area contributed by atoms with E-state index in [1.54, 1.807) is 36.4 Å². The summed E-state index contributed by atoms with van der Waals surface area (Å²) in [5, 5.41) is 3.38. The van der Waals surface area contributed by atoms with Gasteiger partial charge in [-0.3, -0.25) is 4.79 Å². The quantitative estimate of drug-likeness (QED) is 0.819. The molecule has 1 aromatic heterocycles. The fraction of sp³-hybridized carbons (Fsp3) is 0. The van der Waals surface area contributed by atoms with Gasteiger partial charge in [-0.25, -0.2) is 4.98 Å². The lowest BCUT2D eigenvalue weighted by atomic mass is 10.3. The minimum atomic E-state index is -0.360. The average molecular weight is 346 g/mol. The minimum Gasteiger partial charge on any atom is -0.319 e. The lowest BCUT2D eigenvalue weighted by molar-refractivity contribution is 0.102. The van der Waals surface area contributed by atoms with Crippen LogP contribution in [0.25, 0.3) is 0 Å². The van der Waals surface area contributed by atoms with E-state index in [2.05, 4.69) is 26.2 Å². The van der Waals surface area contributed by atoms with E-state index in [0.29, 0.717) is 10.7 Å². The molecule has 0 radical (unpaired) electrons. The topological polar surface area (TPSA) is 42.0 Å². The van der Waals surface area contributed by atoms with Crippen LogP contribution in [0.5, 0.6) is 0 Å². The molecule has 1 heterocycles. The number of pyridine rings is 1. The predicted molar refractivity (Wildman–Crippen MR) is 76.4 cm³/mol. The maximum absolute atomic E-state index is 11.9. The molecular formula is C12H7BrCl2N2O. The molecule has 6 heteroatoms. The first-order chi connectivity index (χ1) is 8.56. The number of carbonyl (C=O) groups is 1. The highest BCUT2D eigenvalue weighted by atomic mass is 79.9. The van der Waals surface area contributed by atoms with Crippen molar-refractivity contribution in [2.45, 2.75) is 0 Å². The Bertz CT molecular complexity index is 604. The summed E-state index contributed by atoms with van der Waals surface area (Å²) >= 11 is 15.0. The highest BCUT2D eigenvalue weighted by molar-refractivity contribution is 9.10. The number of hydrogen-bond donors (Lipinski definition) is 1. The van der Waals surface area contributed by atoms with Crippen molar-refractivity contribution in [1.82, 2.24) is 4.98 Å². The Morgan fingerprint density at radius 3 is 2.67 bits per heavy atom. The molecule has 1 aromatic carbocycles. The summed E-state index contributed by atoms with van der Waals surface area (Å²) in [4.78, 5) is 15.8. The Kier molecular flexibility index (Phi) is 4.22. The zero-order chi connectivity index (χ0) is 13.1. The fourth-order valence-electron chi connectivity index (χ4n) is 1.31. The zero-order valence-corrected chi connectivity index (χ0v) is 12.1. The van der Waals surface area contributed by atoms with E-state index in [1.165, 1.54) is 0 Å². The number of carbonyl (C=O) groups excluding carboxylic acids is 1. The summed E-state index contributed by atoms with van der Waals surface area (Å²) in [5.41, 5.74) is 0.758. The van der Waals surface area contributed by atoms with E-state index in [9.17, 15) is 4.79 Å². The Labute approximate surface area is 122 Å². The van der Waals surface area contributed by atoms with Crippen LogP contribution in [-0.2, 0) is 0 Å². The standard InChI is InChI=1S/C12H7BrCl2N2O/c13-7-4-5-9(8(14)6-7)17-12(18)10-2-1-3-11(15)16-10/h1-6H,(H,17,18). The van der Waals surface area contributed by atoms with E-state index < -0.39 is 0 Å². The van der Waals surface area contributed by atoms with Gasteiger partial charge in [0, 0.05) is 4.47 Å². The number of anilines is 1. The van der Waals surface area contributed by atoms with Gasteiger partial charge in [0.1, 0.15) is 10.8 Å². The maximum Gasteiger partial charge on any atom is 0.274 e. The molecule has 3 nitrogen and oxygen atoms in total. The van der Waals surface area contributed by atoms with Gasteiger partial charge >= 0.3 is 0 Å². The van der Waals surface area contributed by atoms with Crippen molar-refractivity contribution < 1.29 is 4.79 Å². The second-order valence-corrected chi connectivity index (χ2v) is 5.13. The number of benzene rings is 1. The normalized spacial score (nSPS) is 10.2. The molecule has 92 valence electrons. The Morgan fingerprint density at radius 1 is 1.22 bits per heavy atom. The van der Waals surface area contributed by atoms with E-state index in [0.717, 1.165) is 4.47 Å². The fourth-order valence-corrected chi connectivity index (χ4v) is 2.20. The predicted octanol–water partition coefficient (Wildman–Crippen LogP) is 4.40. The van der Waals surface area contributed by atoms with Crippen molar-refractivity contribution in [3.05, 3.63) is 56.7 Å². The molecule has 0 atom stereocenters. The monoisotopic (exact) mass is 344 g/mol. The van der Waals surface area contributed by atoms with Gasteiger partial charge in [-0.05, 0) is 30.3 Å². The van der Waals surface area contributed by atoms with Crippen LogP contribution in [0.15, 0.2) is 40.9 Å². The third-order valence-electron chi connectivity index (χ3n) is 2.13. The lowest BCUT2D eigenvalue weighted by Gasteiger charge is -2.07. The van der Waals surface area contributed by atoms with Gasteiger partial charge in [-0.1, -0.05) is 45.2 Å². The van der Waals surface area contributed by atoms with Gasteiger partial charge in [0.2, 0.25) is 0 Å². The Morgan fingerprint density at radius 2 is 2.00 bits per heavy atom. The molecule has 0 saturated heterocycles. The largest absolute Gasteiger partial charge is 0.319 e. The Balaban J connectivity index is 2.21. The lowest BCUT2D eigenvalue weighted by Crippen LogP contribution is -2.13. The Hall–Kier alpha value is -1.10. The van der Waals surface area contributed by atoms with Crippen LogP contribution in [0.3, 0.4) is 0 Å². The van der Waals surface area contributed by atoms with Gasteiger partial charge < -0.3 is 5.32 Å². The molecule has 1 N–H and O–H groups in total. The van der Waals surface area contributed by atoms with Crippen LogP contribution in [0.2, 0.25) is 10.2 Å². The third-order valence-corrected chi connectivity index (χ3v) is 3.14. The molecule has 2 aromatic rings. The molecular weight excluding hydrogens is 339 g/mol. The number of amides is 1. The number of nitrogens with one attached hydrogen (secondary N) is 1. The highest BCUT2D eigenvalue weighted by Gasteiger charge is 2.10.